The molecule has 0 aliphatic heterocycles. The second-order valence-electron chi connectivity index (χ2n) is 6.76. The summed E-state index contributed by atoms with van der Waals surface area (Å²) in [7, 11) is 0. The molecule has 1 unspecified atom stereocenters. The fraction of sp³-hybridized carbons (Fsp3) is 0.333. The molecular weight excluding hydrogens is 400 g/mol. The highest BCUT2D eigenvalue weighted by Gasteiger charge is 2.22. The lowest BCUT2D eigenvalue weighted by molar-refractivity contribution is -0.122. The van der Waals surface area contributed by atoms with Gasteiger partial charge in [0.05, 0.1) is 23.7 Å². The van der Waals surface area contributed by atoms with Crippen LogP contribution in [-0.2, 0) is 4.79 Å². The summed E-state index contributed by atoms with van der Waals surface area (Å²) in [6, 6.07) is 11.4. The van der Waals surface area contributed by atoms with E-state index in [0.717, 1.165) is 10.1 Å². The molecule has 1 heterocycles. The molecule has 1 atom stereocenters. The molecule has 0 fully saturated rings. The molecule has 154 valence electrons. The quantitative estimate of drug-likeness (QED) is 0.493. The third kappa shape index (κ3) is 5.03. The third-order valence-corrected chi connectivity index (χ3v) is 4.76. The van der Waals surface area contributed by atoms with Gasteiger partial charge in [-0.2, -0.15) is 8.78 Å². The van der Waals surface area contributed by atoms with Crippen molar-refractivity contribution in [2.45, 2.75) is 39.3 Å². The maximum Gasteiger partial charge on any atom is 0.320 e. The monoisotopic (exact) mass is 421 g/mol. The van der Waals surface area contributed by atoms with Crippen LogP contribution in [0.25, 0.3) is 11.0 Å². The first-order valence-electron chi connectivity index (χ1n) is 9.30. The molecule has 5 nitrogen and oxygen atoms in total. The largest absolute Gasteiger partial charge is 0.493 e. The van der Waals surface area contributed by atoms with Gasteiger partial charge in [0.2, 0.25) is 5.91 Å². The average molecular weight is 422 g/mol. The Morgan fingerprint density at radius 1 is 1.28 bits per heavy atom. The van der Waals surface area contributed by atoms with Gasteiger partial charge >= 0.3 is 6.55 Å². The Balaban J connectivity index is 1.55. The SMILES string of the molecule is Cc1cc(Cl)ccc1OCCCC(=O)NC(C)c1nc2ccccc2n1C(F)F. The average Bonchev–Trinajstić information content (AvgIpc) is 3.06. The number of imidazole rings is 1. The van der Waals surface area contributed by atoms with Gasteiger partial charge in [-0.05, 0) is 56.2 Å². The Bertz CT molecular complexity index is 1010. The Kier molecular flexibility index (Phi) is 6.69. The van der Waals surface area contributed by atoms with E-state index >= 15 is 0 Å². The van der Waals surface area contributed by atoms with Crippen molar-refractivity contribution >= 4 is 28.5 Å². The summed E-state index contributed by atoms with van der Waals surface area (Å²) in [6.07, 6.45) is 0.706. The number of para-hydroxylation sites is 2. The van der Waals surface area contributed by atoms with Gasteiger partial charge < -0.3 is 10.1 Å². The van der Waals surface area contributed by atoms with Gasteiger partial charge in [-0.1, -0.05) is 23.7 Å². The van der Waals surface area contributed by atoms with Crippen molar-refractivity contribution in [3.05, 3.63) is 58.9 Å². The Morgan fingerprint density at radius 2 is 2.03 bits per heavy atom. The van der Waals surface area contributed by atoms with Crippen LogP contribution in [0.15, 0.2) is 42.5 Å². The highest BCUT2D eigenvalue weighted by Crippen LogP contribution is 2.26. The number of rotatable bonds is 8. The van der Waals surface area contributed by atoms with Crippen LogP contribution in [0.3, 0.4) is 0 Å². The van der Waals surface area contributed by atoms with E-state index in [1.165, 1.54) is 0 Å². The standard InChI is InChI=1S/C21H22ClF2N3O2/c1-13-12-15(22)9-10-18(13)29-11-5-8-19(28)25-14(2)20-26-16-6-3-4-7-17(16)27(20)21(23)24/h3-4,6-7,9-10,12,14,21H,5,8,11H2,1-2H3,(H,25,28). The minimum atomic E-state index is -2.74. The molecule has 3 rings (SSSR count). The lowest BCUT2D eigenvalue weighted by atomic mass is 10.2. The van der Waals surface area contributed by atoms with Crippen LogP contribution in [0.1, 0.15) is 43.7 Å². The van der Waals surface area contributed by atoms with E-state index in [2.05, 4.69) is 10.3 Å². The van der Waals surface area contributed by atoms with Crippen LogP contribution in [0.2, 0.25) is 5.02 Å². The molecule has 0 saturated heterocycles. The summed E-state index contributed by atoms with van der Waals surface area (Å²) in [5.41, 5.74) is 1.72. The summed E-state index contributed by atoms with van der Waals surface area (Å²) in [4.78, 5) is 16.5. The molecule has 29 heavy (non-hydrogen) atoms. The Hall–Kier alpha value is -2.67. The van der Waals surface area contributed by atoms with E-state index in [4.69, 9.17) is 16.3 Å². The first-order valence-corrected chi connectivity index (χ1v) is 9.68. The molecule has 1 N–H and O–H groups in total. The number of aryl methyl sites for hydroxylation is 1. The lowest BCUT2D eigenvalue weighted by Crippen LogP contribution is -2.29. The number of carbonyl (C=O) groups excluding carboxylic acids is 1. The zero-order valence-electron chi connectivity index (χ0n) is 16.2. The molecule has 0 aliphatic rings. The van der Waals surface area contributed by atoms with Crippen LogP contribution >= 0.6 is 11.6 Å². The van der Waals surface area contributed by atoms with Gasteiger partial charge in [0.25, 0.3) is 0 Å². The van der Waals surface area contributed by atoms with E-state index in [0.29, 0.717) is 34.8 Å². The number of halogens is 3. The number of benzene rings is 2. The minimum absolute atomic E-state index is 0.127. The van der Waals surface area contributed by atoms with Gasteiger partial charge in [0, 0.05) is 11.4 Å². The van der Waals surface area contributed by atoms with Gasteiger partial charge in [-0.3, -0.25) is 9.36 Å². The van der Waals surface area contributed by atoms with Crippen molar-refractivity contribution in [2.75, 3.05) is 6.61 Å². The van der Waals surface area contributed by atoms with Crippen molar-refractivity contribution < 1.29 is 18.3 Å². The lowest BCUT2D eigenvalue weighted by Gasteiger charge is -2.16. The van der Waals surface area contributed by atoms with E-state index in [1.807, 2.05) is 6.92 Å². The molecule has 0 bridgehead atoms. The number of fused-ring (bicyclic) bond motifs is 1. The van der Waals surface area contributed by atoms with Gasteiger partial charge in [0.1, 0.15) is 11.6 Å². The first kappa shape index (κ1) is 21.0. The van der Waals surface area contributed by atoms with Crippen molar-refractivity contribution in [3.63, 3.8) is 0 Å². The highest BCUT2D eigenvalue weighted by molar-refractivity contribution is 6.30. The Labute approximate surface area is 172 Å². The van der Waals surface area contributed by atoms with E-state index in [1.54, 1.807) is 49.4 Å². The molecule has 0 spiro atoms. The number of hydrogen-bond donors (Lipinski definition) is 1. The zero-order valence-corrected chi connectivity index (χ0v) is 16.9. The van der Waals surface area contributed by atoms with Crippen molar-refractivity contribution in [1.82, 2.24) is 14.9 Å². The third-order valence-electron chi connectivity index (χ3n) is 4.53. The summed E-state index contributed by atoms with van der Waals surface area (Å²) in [6.45, 7) is 1.16. The number of carbonyl (C=O) groups is 1. The topological polar surface area (TPSA) is 56.1 Å². The summed E-state index contributed by atoms with van der Waals surface area (Å²) in [5, 5.41) is 3.38. The van der Waals surface area contributed by atoms with Crippen LogP contribution in [0.5, 0.6) is 5.75 Å². The van der Waals surface area contributed by atoms with Gasteiger partial charge in [0.15, 0.2) is 0 Å². The normalized spacial score (nSPS) is 12.3. The maximum absolute atomic E-state index is 13.5. The number of nitrogens with zero attached hydrogens (tertiary/aromatic N) is 2. The van der Waals surface area contributed by atoms with Crippen LogP contribution in [-0.4, -0.2) is 22.1 Å². The summed E-state index contributed by atoms with van der Waals surface area (Å²) in [5.74, 6) is 0.596. The highest BCUT2D eigenvalue weighted by atomic mass is 35.5. The predicted molar refractivity (Wildman–Crippen MR) is 108 cm³/mol. The smallest absolute Gasteiger partial charge is 0.320 e. The molecule has 0 radical (unpaired) electrons. The minimum Gasteiger partial charge on any atom is -0.493 e. The molecule has 2 aromatic carbocycles. The Morgan fingerprint density at radius 3 is 2.76 bits per heavy atom. The fourth-order valence-electron chi connectivity index (χ4n) is 3.14. The number of ether oxygens (including phenoxy) is 1. The second kappa shape index (κ2) is 9.22. The van der Waals surface area contributed by atoms with E-state index in [-0.39, 0.29) is 18.2 Å². The van der Waals surface area contributed by atoms with Crippen LogP contribution < -0.4 is 10.1 Å². The number of nitrogens with one attached hydrogen (secondary N) is 1. The molecular formula is C21H22ClF2N3O2. The molecule has 8 heteroatoms. The zero-order chi connectivity index (χ0) is 21.0. The fourth-order valence-corrected chi connectivity index (χ4v) is 3.37. The number of aromatic nitrogens is 2. The van der Waals surface area contributed by atoms with Crippen LogP contribution in [0.4, 0.5) is 8.78 Å². The molecule has 3 aromatic rings. The number of hydrogen-bond acceptors (Lipinski definition) is 3. The molecule has 1 aromatic heterocycles. The molecule has 1 amide bonds. The van der Waals surface area contributed by atoms with Crippen LogP contribution in [0, 0.1) is 6.92 Å². The van der Waals surface area contributed by atoms with E-state index in [9.17, 15) is 13.6 Å². The van der Waals surface area contributed by atoms with Gasteiger partial charge in [-0.15, -0.1) is 0 Å². The molecule has 0 saturated carbocycles. The maximum atomic E-state index is 13.5. The van der Waals surface area contributed by atoms with Crippen molar-refractivity contribution in [3.8, 4) is 5.75 Å². The van der Waals surface area contributed by atoms with Crippen molar-refractivity contribution in [1.29, 1.82) is 0 Å². The molecule has 0 aliphatic carbocycles. The number of amides is 1. The summed E-state index contributed by atoms with van der Waals surface area (Å²) < 4.78 is 33.6. The summed E-state index contributed by atoms with van der Waals surface area (Å²) >= 11 is 5.91. The van der Waals surface area contributed by atoms with Crippen molar-refractivity contribution in [2.24, 2.45) is 0 Å². The van der Waals surface area contributed by atoms with E-state index < -0.39 is 12.6 Å². The predicted octanol–water partition coefficient (Wildman–Crippen LogP) is 5.43. The number of alkyl halides is 2. The first-order chi connectivity index (χ1) is 13.9. The van der Waals surface area contributed by atoms with Gasteiger partial charge in [-0.25, -0.2) is 4.98 Å². The second-order valence-corrected chi connectivity index (χ2v) is 7.19.